The third-order valence-electron chi connectivity index (χ3n) is 2.72. The van der Waals surface area contributed by atoms with Gasteiger partial charge in [-0.1, -0.05) is 0 Å². The first-order chi connectivity index (χ1) is 9.47. The maximum Gasteiger partial charge on any atom is 0.283 e. The van der Waals surface area contributed by atoms with Crippen LogP contribution in [0.4, 0.5) is 11.5 Å². The molecule has 0 saturated carbocycles. The van der Waals surface area contributed by atoms with Crippen LogP contribution in [0.15, 0.2) is 27.7 Å². The lowest BCUT2D eigenvalue weighted by molar-refractivity contribution is 0.367. The van der Waals surface area contributed by atoms with E-state index < -0.39 is 0 Å². The lowest BCUT2D eigenvalue weighted by Crippen LogP contribution is -2.29. The summed E-state index contributed by atoms with van der Waals surface area (Å²) in [6.45, 7) is 1.31. The maximum atomic E-state index is 12.2. The van der Waals surface area contributed by atoms with Crippen LogP contribution >= 0.6 is 15.9 Å². The molecule has 1 N–H and O–H groups in total. The van der Waals surface area contributed by atoms with Crippen molar-refractivity contribution in [3.63, 3.8) is 0 Å². The smallest absolute Gasteiger partial charge is 0.283 e. The Labute approximate surface area is 125 Å². The van der Waals surface area contributed by atoms with Gasteiger partial charge in [-0.3, -0.25) is 9.48 Å². The topological polar surface area (TPSA) is 68.0 Å². The van der Waals surface area contributed by atoms with Gasteiger partial charge >= 0.3 is 0 Å². The standard InChI is InChI=1S/C12H17BrN6O/c1-17(2)6-7-19-12(20)11(13)9(8-14-19)15-10-4-5-18(3)16-10/h4-5,8H,6-7H2,1-3H3,(H,15,16). The summed E-state index contributed by atoms with van der Waals surface area (Å²) < 4.78 is 3.58. The molecule has 2 aromatic rings. The van der Waals surface area contributed by atoms with Crippen molar-refractivity contribution < 1.29 is 0 Å². The molecule has 2 aromatic heterocycles. The van der Waals surface area contributed by atoms with Gasteiger partial charge < -0.3 is 10.2 Å². The largest absolute Gasteiger partial charge is 0.336 e. The highest BCUT2D eigenvalue weighted by Crippen LogP contribution is 2.20. The van der Waals surface area contributed by atoms with Gasteiger partial charge in [-0.15, -0.1) is 0 Å². The molecule has 0 aliphatic rings. The SMILES string of the molecule is CN(C)CCn1ncc(Nc2ccn(C)n2)c(Br)c1=O. The van der Waals surface area contributed by atoms with Gasteiger partial charge in [0.15, 0.2) is 5.82 Å². The molecule has 0 fully saturated rings. The van der Waals surface area contributed by atoms with E-state index in [9.17, 15) is 4.79 Å². The second-order valence-corrected chi connectivity index (χ2v) is 5.50. The molecule has 0 spiro atoms. The molecule has 0 atom stereocenters. The number of halogens is 1. The quantitative estimate of drug-likeness (QED) is 0.880. The lowest BCUT2D eigenvalue weighted by atomic mass is 10.4. The number of anilines is 2. The summed E-state index contributed by atoms with van der Waals surface area (Å²) in [5, 5.41) is 11.4. The Balaban J connectivity index is 2.20. The molecule has 8 heteroatoms. The van der Waals surface area contributed by atoms with Crippen LogP contribution in [0.5, 0.6) is 0 Å². The minimum absolute atomic E-state index is 0.159. The summed E-state index contributed by atoms with van der Waals surface area (Å²) in [5.41, 5.74) is 0.447. The summed E-state index contributed by atoms with van der Waals surface area (Å²) in [6.07, 6.45) is 3.44. The van der Waals surface area contributed by atoms with Gasteiger partial charge in [0.1, 0.15) is 4.47 Å². The molecular formula is C12H17BrN6O. The van der Waals surface area contributed by atoms with Crippen LogP contribution in [0, 0.1) is 0 Å². The van der Waals surface area contributed by atoms with Crippen molar-refractivity contribution in [2.24, 2.45) is 7.05 Å². The summed E-state index contributed by atoms with van der Waals surface area (Å²) in [7, 11) is 5.74. The number of rotatable bonds is 5. The fourth-order valence-electron chi connectivity index (χ4n) is 1.63. The number of aromatic nitrogens is 4. The Hall–Kier alpha value is -1.67. The summed E-state index contributed by atoms with van der Waals surface area (Å²) in [6, 6.07) is 1.82. The molecule has 0 amide bonds. The Morgan fingerprint density at radius 3 is 2.80 bits per heavy atom. The van der Waals surface area contributed by atoms with Crippen LogP contribution in [0.1, 0.15) is 0 Å². The molecule has 20 heavy (non-hydrogen) atoms. The highest BCUT2D eigenvalue weighted by atomic mass is 79.9. The lowest BCUT2D eigenvalue weighted by Gasteiger charge is -2.12. The third-order valence-corrected chi connectivity index (χ3v) is 3.49. The molecule has 0 aliphatic heterocycles. The second-order valence-electron chi connectivity index (χ2n) is 4.70. The summed E-state index contributed by atoms with van der Waals surface area (Å²) in [4.78, 5) is 14.2. The molecule has 0 aliphatic carbocycles. The molecule has 2 heterocycles. The van der Waals surface area contributed by atoms with Crippen molar-refractivity contribution in [3.8, 4) is 0 Å². The van der Waals surface area contributed by atoms with E-state index in [0.717, 1.165) is 6.54 Å². The molecule has 108 valence electrons. The normalized spacial score (nSPS) is 11.1. The van der Waals surface area contributed by atoms with Crippen LogP contribution < -0.4 is 10.9 Å². The number of hydrogen-bond acceptors (Lipinski definition) is 5. The van der Waals surface area contributed by atoms with E-state index in [1.165, 1.54) is 4.68 Å². The first kappa shape index (κ1) is 14.7. The van der Waals surface area contributed by atoms with E-state index in [4.69, 9.17) is 0 Å². The van der Waals surface area contributed by atoms with E-state index in [1.54, 1.807) is 10.9 Å². The molecule has 7 nitrogen and oxygen atoms in total. The molecule has 0 saturated heterocycles. The number of nitrogens with one attached hydrogen (secondary N) is 1. The Bertz CT molecular complexity index is 648. The number of aryl methyl sites for hydroxylation is 1. The molecular weight excluding hydrogens is 324 g/mol. The number of nitrogens with zero attached hydrogens (tertiary/aromatic N) is 5. The fourth-order valence-corrected chi connectivity index (χ4v) is 2.03. The van der Waals surface area contributed by atoms with Gasteiger partial charge in [-0.2, -0.15) is 10.2 Å². The van der Waals surface area contributed by atoms with Crippen LogP contribution in [0.3, 0.4) is 0 Å². The molecule has 0 radical (unpaired) electrons. The Morgan fingerprint density at radius 1 is 1.45 bits per heavy atom. The number of likely N-dealkylation sites (N-methyl/N-ethyl adjacent to an activating group) is 1. The molecule has 0 aromatic carbocycles. The van der Waals surface area contributed by atoms with Crippen LogP contribution in [-0.4, -0.2) is 45.1 Å². The average Bonchev–Trinajstić information content (AvgIpc) is 2.79. The Kier molecular flexibility index (Phi) is 4.56. The van der Waals surface area contributed by atoms with Gasteiger partial charge in [0.2, 0.25) is 0 Å². The Morgan fingerprint density at radius 2 is 2.20 bits per heavy atom. The first-order valence-corrected chi connectivity index (χ1v) is 6.93. The monoisotopic (exact) mass is 340 g/mol. The van der Waals surface area contributed by atoms with E-state index >= 15 is 0 Å². The molecule has 0 bridgehead atoms. The number of hydrogen-bond donors (Lipinski definition) is 1. The van der Waals surface area contributed by atoms with Crippen molar-refractivity contribution >= 4 is 27.4 Å². The van der Waals surface area contributed by atoms with E-state index in [2.05, 4.69) is 31.4 Å². The third kappa shape index (κ3) is 3.45. The van der Waals surface area contributed by atoms with Crippen molar-refractivity contribution in [1.29, 1.82) is 0 Å². The predicted octanol–water partition coefficient (Wildman–Crippen LogP) is 1.04. The highest BCUT2D eigenvalue weighted by Gasteiger charge is 2.10. The van der Waals surface area contributed by atoms with Crippen molar-refractivity contribution in [2.45, 2.75) is 6.54 Å². The van der Waals surface area contributed by atoms with Gasteiger partial charge in [0, 0.05) is 25.9 Å². The molecule has 2 rings (SSSR count). The van der Waals surface area contributed by atoms with E-state index in [-0.39, 0.29) is 5.56 Å². The fraction of sp³-hybridized carbons (Fsp3) is 0.417. The van der Waals surface area contributed by atoms with E-state index in [0.29, 0.717) is 22.5 Å². The first-order valence-electron chi connectivity index (χ1n) is 6.14. The van der Waals surface area contributed by atoms with E-state index in [1.807, 2.05) is 38.3 Å². The zero-order valence-corrected chi connectivity index (χ0v) is 13.3. The van der Waals surface area contributed by atoms with Crippen molar-refractivity contribution in [1.82, 2.24) is 24.5 Å². The minimum Gasteiger partial charge on any atom is -0.336 e. The van der Waals surface area contributed by atoms with Crippen LogP contribution in [-0.2, 0) is 13.6 Å². The highest BCUT2D eigenvalue weighted by molar-refractivity contribution is 9.10. The van der Waals surface area contributed by atoms with Crippen molar-refractivity contribution in [3.05, 3.63) is 33.3 Å². The summed E-state index contributed by atoms with van der Waals surface area (Å²) in [5.74, 6) is 0.667. The second kappa shape index (κ2) is 6.19. The summed E-state index contributed by atoms with van der Waals surface area (Å²) >= 11 is 3.32. The van der Waals surface area contributed by atoms with Gasteiger partial charge in [-0.25, -0.2) is 4.68 Å². The zero-order chi connectivity index (χ0) is 14.7. The zero-order valence-electron chi connectivity index (χ0n) is 11.7. The van der Waals surface area contributed by atoms with Gasteiger partial charge in [0.25, 0.3) is 5.56 Å². The van der Waals surface area contributed by atoms with Gasteiger partial charge in [-0.05, 0) is 30.0 Å². The van der Waals surface area contributed by atoms with Gasteiger partial charge in [0.05, 0.1) is 18.4 Å². The van der Waals surface area contributed by atoms with Crippen LogP contribution in [0.25, 0.3) is 0 Å². The maximum absolute atomic E-state index is 12.2. The van der Waals surface area contributed by atoms with Crippen LogP contribution in [0.2, 0.25) is 0 Å². The average molecular weight is 341 g/mol. The predicted molar refractivity (Wildman–Crippen MR) is 81.2 cm³/mol. The molecule has 0 unspecified atom stereocenters. The minimum atomic E-state index is -0.159. The van der Waals surface area contributed by atoms with Crippen molar-refractivity contribution in [2.75, 3.05) is 26.0 Å².